The third-order valence-corrected chi connectivity index (χ3v) is 2.52. The van der Waals surface area contributed by atoms with Gasteiger partial charge in [0.25, 0.3) is 0 Å². The minimum Gasteiger partial charge on any atom is -0.481 e. The summed E-state index contributed by atoms with van der Waals surface area (Å²) in [6.45, 7) is 0. The Morgan fingerprint density at radius 2 is 1.55 bits per heavy atom. The van der Waals surface area contributed by atoms with Crippen LogP contribution in [0.25, 0.3) is 0 Å². The number of carbonyl (C=O) groups is 4. The summed E-state index contributed by atoms with van der Waals surface area (Å²) in [5, 5.41) is 28.0. The van der Waals surface area contributed by atoms with Crippen molar-refractivity contribution in [3.63, 3.8) is 0 Å². The van der Waals surface area contributed by atoms with Gasteiger partial charge in [0.2, 0.25) is 5.91 Å². The van der Waals surface area contributed by atoms with E-state index in [1.54, 1.807) is 0 Å². The fraction of sp³-hybridized carbons (Fsp3) is 0.636. The van der Waals surface area contributed by atoms with Crippen molar-refractivity contribution in [2.45, 2.75) is 44.2 Å². The summed E-state index contributed by atoms with van der Waals surface area (Å²) in [5.41, 5.74) is 5.21. The van der Waals surface area contributed by atoms with E-state index >= 15 is 0 Å². The molecule has 0 aromatic heterocycles. The first-order valence-corrected chi connectivity index (χ1v) is 5.96. The quantitative estimate of drug-likeness (QED) is 0.341. The molecule has 0 saturated carbocycles. The normalized spacial score (nSPS) is 13.2. The number of carbonyl (C=O) groups excluding carboxylic acids is 1. The van der Waals surface area contributed by atoms with Crippen molar-refractivity contribution in [3.05, 3.63) is 0 Å². The van der Waals surface area contributed by atoms with Gasteiger partial charge in [0.05, 0.1) is 0 Å². The number of amides is 1. The molecule has 6 N–H and O–H groups in total. The molecular weight excluding hydrogens is 272 g/mol. The largest absolute Gasteiger partial charge is 0.481 e. The molecule has 0 fully saturated rings. The van der Waals surface area contributed by atoms with Gasteiger partial charge in [0.1, 0.15) is 12.1 Å². The van der Waals surface area contributed by atoms with Crippen molar-refractivity contribution in [1.29, 1.82) is 0 Å². The molecule has 0 aromatic carbocycles. The van der Waals surface area contributed by atoms with Gasteiger partial charge in [-0.05, 0) is 19.3 Å². The summed E-state index contributed by atoms with van der Waals surface area (Å²) in [4.78, 5) is 43.1. The van der Waals surface area contributed by atoms with Crippen molar-refractivity contribution in [1.82, 2.24) is 5.32 Å². The average Bonchev–Trinajstić information content (AvgIpc) is 2.33. The molecule has 20 heavy (non-hydrogen) atoms. The Morgan fingerprint density at radius 3 is 2.00 bits per heavy atom. The number of hydrogen-bond acceptors (Lipinski definition) is 5. The van der Waals surface area contributed by atoms with E-state index in [-0.39, 0.29) is 32.1 Å². The molecule has 0 heterocycles. The molecule has 9 heteroatoms. The number of rotatable bonds is 10. The number of nitrogens with two attached hydrogens (primary N) is 1. The van der Waals surface area contributed by atoms with Gasteiger partial charge in [0.15, 0.2) is 0 Å². The molecule has 1 unspecified atom stereocenters. The molecule has 0 bridgehead atoms. The second kappa shape index (κ2) is 8.86. The van der Waals surface area contributed by atoms with Crippen LogP contribution in [0.3, 0.4) is 0 Å². The number of aliphatic carboxylic acids is 3. The maximum Gasteiger partial charge on any atom is 0.326 e. The first kappa shape index (κ1) is 17.8. The van der Waals surface area contributed by atoms with Crippen LogP contribution in [0, 0.1) is 0 Å². The summed E-state index contributed by atoms with van der Waals surface area (Å²) >= 11 is 0. The zero-order valence-electron chi connectivity index (χ0n) is 10.7. The number of hydrogen-bond donors (Lipinski definition) is 5. The molecule has 0 aliphatic carbocycles. The Morgan fingerprint density at radius 1 is 0.950 bits per heavy atom. The van der Waals surface area contributed by atoms with Crippen LogP contribution in [0.15, 0.2) is 0 Å². The van der Waals surface area contributed by atoms with Crippen LogP contribution in [-0.4, -0.2) is 51.2 Å². The van der Waals surface area contributed by atoms with Gasteiger partial charge in [0, 0.05) is 12.8 Å². The molecule has 0 aliphatic rings. The summed E-state index contributed by atoms with van der Waals surface area (Å²) in [6, 6.07) is -2.38. The van der Waals surface area contributed by atoms with Crippen LogP contribution in [0.4, 0.5) is 0 Å². The predicted octanol–water partition coefficient (Wildman–Crippen LogP) is -0.997. The number of nitrogens with one attached hydrogen (secondary N) is 1. The molecule has 0 aromatic rings. The van der Waals surface area contributed by atoms with Crippen molar-refractivity contribution in [2.75, 3.05) is 0 Å². The Kier molecular flexibility index (Phi) is 7.90. The molecule has 0 rings (SSSR count). The average molecular weight is 290 g/mol. The minimum atomic E-state index is -1.27. The van der Waals surface area contributed by atoms with Crippen LogP contribution in [0.1, 0.15) is 32.1 Å². The van der Waals surface area contributed by atoms with E-state index < -0.39 is 35.9 Å². The van der Waals surface area contributed by atoms with Gasteiger partial charge in [-0.25, -0.2) is 4.79 Å². The summed E-state index contributed by atoms with van der Waals surface area (Å²) in [6.07, 6.45) is -0.415. The topological polar surface area (TPSA) is 167 Å². The highest BCUT2D eigenvalue weighted by Gasteiger charge is 2.21. The van der Waals surface area contributed by atoms with Crippen LogP contribution in [0.5, 0.6) is 0 Å². The lowest BCUT2D eigenvalue weighted by Gasteiger charge is -2.14. The van der Waals surface area contributed by atoms with Gasteiger partial charge in [-0.1, -0.05) is 0 Å². The lowest BCUT2D eigenvalue weighted by molar-refractivity contribution is -0.143. The van der Waals surface area contributed by atoms with Gasteiger partial charge in [-0.3, -0.25) is 14.4 Å². The highest BCUT2D eigenvalue weighted by atomic mass is 16.4. The second-order valence-corrected chi connectivity index (χ2v) is 4.23. The van der Waals surface area contributed by atoms with Gasteiger partial charge in [-0.15, -0.1) is 0 Å². The Bertz CT molecular complexity index is 383. The summed E-state index contributed by atoms with van der Waals surface area (Å²) in [5.74, 6) is -4.20. The van der Waals surface area contributed by atoms with Gasteiger partial charge in [-0.2, -0.15) is 0 Å². The van der Waals surface area contributed by atoms with Crippen LogP contribution in [0.2, 0.25) is 0 Å². The Labute approximate surface area is 114 Å². The lowest BCUT2D eigenvalue weighted by atomic mass is 10.1. The van der Waals surface area contributed by atoms with E-state index in [9.17, 15) is 19.2 Å². The third-order valence-electron chi connectivity index (χ3n) is 2.52. The van der Waals surface area contributed by atoms with E-state index in [1.165, 1.54) is 0 Å². The SMILES string of the molecule is N[C@@H](CCC(=O)NC(CCCC(=O)O)C(=O)O)C(=O)O. The Hall–Kier alpha value is -2.16. The van der Waals surface area contributed by atoms with Crippen molar-refractivity contribution < 1.29 is 34.5 Å². The van der Waals surface area contributed by atoms with Crippen molar-refractivity contribution in [3.8, 4) is 0 Å². The molecule has 0 spiro atoms. The van der Waals surface area contributed by atoms with E-state index in [2.05, 4.69) is 5.32 Å². The first-order valence-electron chi connectivity index (χ1n) is 5.96. The highest BCUT2D eigenvalue weighted by Crippen LogP contribution is 2.03. The van der Waals surface area contributed by atoms with Crippen molar-refractivity contribution in [2.24, 2.45) is 5.73 Å². The molecular formula is C11H18N2O7. The first-order chi connectivity index (χ1) is 9.23. The van der Waals surface area contributed by atoms with E-state index in [0.717, 1.165) is 0 Å². The number of carboxylic acids is 3. The monoisotopic (exact) mass is 290 g/mol. The van der Waals surface area contributed by atoms with Gasteiger partial charge >= 0.3 is 17.9 Å². The fourth-order valence-electron chi connectivity index (χ4n) is 1.39. The molecule has 114 valence electrons. The third kappa shape index (κ3) is 8.03. The molecule has 0 saturated heterocycles. The van der Waals surface area contributed by atoms with E-state index in [1.807, 2.05) is 0 Å². The molecule has 2 atom stereocenters. The van der Waals surface area contributed by atoms with E-state index in [4.69, 9.17) is 21.1 Å². The van der Waals surface area contributed by atoms with E-state index in [0.29, 0.717) is 0 Å². The molecule has 1 amide bonds. The maximum atomic E-state index is 11.4. The highest BCUT2D eigenvalue weighted by molar-refractivity contribution is 5.84. The van der Waals surface area contributed by atoms with Crippen LogP contribution in [-0.2, 0) is 19.2 Å². The van der Waals surface area contributed by atoms with Gasteiger partial charge < -0.3 is 26.4 Å². The zero-order valence-corrected chi connectivity index (χ0v) is 10.7. The number of carboxylic acid groups (broad SMARTS) is 3. The summed E-state index contributed by atoms with van der Waals surface area (Å²) < 4.78 is 0. The minimum absolute atomic E-state index is 0.0155. The lowest BCUT2D eigenvalue weighted by Crippen LogP contribution is -2.41. The molecule has 9 nitrogen and oxygen atoms in total. The Balaban J connectivity index is 4.17. The molecule has 0 aliphatic heterocycles. The second-order valence-electron chi connectivity index (χ2n) is 4.23. The standard InChI is InChI=1S/C11H18N2O7/c12-6(10(17)18)4-5-8(14)13-7(11(19)20)2-1-3-9(15)16/h6-7H,1-5,12H2,(H,13,14)(H,15,16)(H,17,18)(H,19,20)/t6-,7?/m0/s1. The maximum absolute atomic E-state index is 11.4. The smallest absolute Gasteiger partial charge is 0.326 e. The molecule has 0 radical (unpaired) electrons. The summed E-state index contributed by atoms with van der Waals surface area (Å²) in [7, 11) is 0. The predicted molar refractivity (Wildman–Crippen MR) is 65.9 cm³/mol. The fourth-order valence-corrected chi connectivity index (χ4v) is 1.39. The van der Waals surface area contributed by atoms with Crippen LogP contribution >= 0.6 is 0 Å². The van der Waals surface area contributed by atoms with Crippen molar-refractivity contribution >= 4 is 23.8 Å². The zero-order chi connectivity index (χ0) is 15.7. The van der Waals surface area contributed by atoms with Crippen LogP contribution < -0.4 is 11.1 Å².